The molecule has 0 aromatic heterocycles. The van der Waals surface area contributed by atoms with Crippen LogP contribution in [0.15, 0.2) is 82.4 Å². The van der Waals surface area contributed by atoms with E-state index in [1.165, 1.54) is 6.21 Å². The van der Waals surface area contributed by atoms with E-state index in [0.29, 0.717) is 28.6 Å². The van der Waals surface area contributed by atoms with Gasteiger partial charge in [0, 0.05) is 10.0 Å². The number of para-hydroxylation sites is 2. The smallest absolute Gasteiger partial charge is 0.329 e. The summed E-state index contributed by atoms with van der Waals surface area (Å²) in [5.41, 5.74) is 4.20. The summed E-state index contributed by atoms with van der Waals surface area (Å²) >= 11 is 9.36. The predicted molar refractivity (Wildman–Crippen MR) is 121 cm³/mol. The number of halogens is 2. The molecule has 2 amide bonds. The molecular weight excluding hydrogens is 470 g/mol. The van der Waals surface area contributed by atoms with E-state index in [1.807, 2.05) is 36.4 Å². The van der Waals surface area contributed by atoms with E-state index >= 15 is 0 Å². The minimum absolute atomic E-state index is 0.332. The molecule has 0 aliphatic carbocycles. The minimum Gasteiger partial charge on any atom is -0.488 e. The highest BCUT2D eigenvalue weighted by molar-refractivity contribution is 9.10. The van der Waals surface area contributed by atoms with Crippen molar-refractivity contribution in [1.82, 2.24) is 5.43 Å². The summed E-state index contributed by atoms with van der Waals surface area (Å²) in [6.07, 6.45) is 1.41. The van der Waals surface area contributed by atoms with Crippen molar-refractivity contribution in [3.05, 3.63) is 93.4 Å². The molecule has 0 saturated carbocycles. The molecule has 30 heavy (non-hydrogen) atoms. The van der Waals surface area contributed by atoms with Crippen LogP contribution >= 0.6 is 27.5 Å². The molecule has 0 bridgehead atoms. The van der Waals surface area contributed by atoms with E-state index < -0.39 is 11.8 Å². The highest BCUT2D eigenvalue weighted by atomic mass is 79.9. The quantitative estimate of drug-likeness (QED) is 0.299. The van der Waals surface area contributed by atoms with Crippen molar-refractivity contribution in [2.24, 2.45) is 5.10 Å². The van der Waals surface area contributed by atoms with Gasteiger partial charge in [-0.15, -0.1) is 0 Å². The van der Waals surface area contributed by atoms with Crippen molar-refractivity contribution >= 4 is 51.2 Å². The van der Waals surface area contributed by atoms with Crippen molar-refractivity contribution in [2.45, 2.75) is 6.61 Å². The van der Waals surface area contributed by atoms with Gasteiger partial charge in [-0.25, -0.2) is 5.43 Å². The largest absolute Gasteiger partial charge is 0.488 e. The predicted octanol–water partition coefficient (Wildman–Crippen LogP) is 4.77. The van der Waals surface area contributed by atoms with Crippen LogP contribution in [-0.2, 0) is 16.2 Å². The van der Waals surface area contributed by atoms with Crippen molar-refractivity contribution < 1.29 is 14.3 Å². The van der Waals surface area contributed by atoms with E-state index in [4.69, 9.17) is 16.3 Å². The molecule has 152 valence electrons. The topological polar surface area (TPSA) is 79.8 Å². The molecule has 3 aromatic rings. The van der Waals surface area contributed by atoms with Gasteiger partial charge in [0.05, 0.1) is 16.9 Å². The first kappa shape index (κ1) is 21.5. The van der Waals surface area contributed by atoms with E-state index in [2.05, 4.69) is 31.8 Å². The Bertz CT molecular complexity index is 1070. The zero-order valence-electron chi connectivity index (χ0n) is 15.6. The second-order valence-corrected chi connectivity index (χ2v) is 7.41. The van der Waals surface area contributed by atoms with Crippen LogP contribution < -0.4 is 15.5 Å². The van der Waals surface area contributed by atoms with Crippen molar-refractivity contribution in [3.8, 4) is 5.75 Å². The maximum absolute atomic E-state index is 12.0. The molecule has 0 spiro atoms. The first-order valence-corrected chi connectivity index (χ1v) is 10.1. The summed E-state index contributed by atoms with van der Waals surface area (Å²) in [6.45, 7) is 0.380. The maximum atomic E-state index is 12.0. The Labute approximate surface area is 187 Å². The highest BCUT2D eigenvalue weighted by Gasteiger charge is 2.14. The van der Waals surface area contributed by atoms with Crippen LogP contribution in [0.25, 0.3) is 0 Å². The maximum Gasteiger partial charge on any atom is 0.329 e. The third kappa shape index (κ3) is 6.17. The Morgan fingerprint density at radius 3 is 2.43 bits per heavy atom. The monoisotopic (exact) mass is 485 g/mol. The van der Waals surface area contributed by atoms with Gasteiger partial charge in [-0.1, -0.05) is 63.9 Å². The second kappa shape index (κ2) is 10.6. The van der Waals surface area contributed by atoms with E-state index in [1.54, 1.807) is 36.4 Å². The van der Waals surface area contributed by atoms with Crippen molar-refractivity contribution in [2.75, 3.05) is 5.32 Å². The van der Waals surface area contributed by atoms with Gasteiger partial charge < -0.3 is 10.1 Å². The lowest BCUT2D eigenvalue weighted by Gasteiger charge is -2.09. The highest BCUT2D eigenvalue weighted by Crippen LogP contribution is 2.20. The molecule has 0 unspecified atom stereocenters. The normalized spacial score (nSPS) is 10.6. The molecule has 8 heteroatoms. The van der Waals surface area contributed by atoms with Gasteiger partial charge in [0.15, 0.2) is 0 Å². The van der Waals surface area contributed by atoms with Gasteiger partial charge >= 0.3 is 11.8 Å². The van der Waals surface area contributed by atoms with Gasteiger partial charge in [0.1, 0.15) is 12.4 Å². The number of benzene rings is 3. The van der Waals surface area contributed by atoms with Crippen LogP contribution in [0.5, 0.6) is 5.75 Å². The first-order chi connectivity index (χ1) is 14.5. The van der Waals surface area contributed by atoms with E-state index in [9.17, 15) is 9.59 Å². The van der Waals surface area contributed by atoms with Gasteiger partial charge in [-0.2, -0.15) is 5.10 Å². The molecular formula is C22H17BrClN3O3. The Kier molecular flexibility index (Phi) is 7.59. The molecule has 2 N–H and O–H groups in total. The second-order valence-electron chi connectivity index (χ2n) is 6.09. The fourth-order valence-electron chi connectivity index (χ4n) is 2.41. The summed E-state index contributed by atoms with van der Waals surface area (Å²) in [5.74, 6) is -1.20. The fraction of sp³-hybridized carbons (Fsp3) is 0.0455. The molecule has 0 atom stereocenters. The number of hydrogen-bond donors (Lipinski definition) is 2. The average Bonchev–Trinajstić information content (AvgIpc) is 2.75. The van der Waals surface area contributed by atoms with Crippen LogP contribution in [0, 0.1) is 0 Å². The molecule has 3 aromatic carbocycles. The number of rotatable bonds is 6. The minimum atomic E-state index is -0.917. The number of nitrogens with one attached hydrogen (secondary N) is 2. The van der Waals surface area contributed by atoms with Crippen LogP contribution in [-0.4, -0.2) is 18.0 Å². The zero-order valence-corrected chi connectivity index (χ0v) is 18.0. The van der Waals surface area contributed by atoms with Crippen LogP contribution in [0.3, 0.4) is 0 Å². The molecule has 0 fully saturated rings. The number of carbonyl (C=O) groups excluding carboxylic acids is 2. The summed E-state index contributed by atoms with van der Waals surface area (Å²) in [7, 11) is 0. The SMILES string of the molecule is O=C(NN=Cc1ccccc1OCc1ccc(Br)cc1)C(=O)Nc1ccccc1Cl. The Morgan fingerprint density at radius 1 is 0.967 bits per heavy atom. The Hall–Kier alpha value is -3.16. The third-order valence-corrected chi connectivity index (χ3v) is 4.78. The van der Waals surface area contributed by atoms with Gasteiger partial charge in [-0.3, -0.25) is 9.59 Å². The number of nitrogens with zero attached hydrogens (tertiary/aromatic N) is 1. The first-order valence-electron chi connectivity index (χ1n) is 8.88. The molecule has 0 aliphatic rings. The number of hydrazone groups is 1. The summed E-state index contributed by atoms with van der Waals surface area (Å²) < 4.78 is 6.84. The average molecular weight is 487 g/mol. The lowest BCUT2D eigenvalue weighted by molar-refractivity contribution is -0.136. The zero-order chi connectivity index (χ0) is 21.3. The van der Waals surface area contributed by atoms with Crippen LogP contribution in [0.4, 0.5) is 5.69 Å². The number of anilines is 1. The van der Waals surface area contributed by atoms with Crippen LogP contribution in [0.2, 0.25) is 5.02 Å². The number of carbonyl (C=O) groups is 2. The summed E-state index contributed by atoms with van der Waals surface area (Å²) in [4.78, 5) is 23.9. The van der Waals surface area contributed by atoms with Gasteiger partial charge in [0.25, 0.3) is 0 Å². The lowest BCUT2D eigenvalue weighted by Crippen LogP contribution is -2.32. The standard InChI is InChI=1S/C22H17BrClN3O3/c23-17-11-9-15(10-12-17)14-30-20-8-4-1-5-16(20)13-25-27-22(29)21(28)26-19-7-3-2-6-18(19)24/h1-13H,14H2,(H,26,28)(H,27,29). The third-order valence-electron chi connectivity index (χ3n) is 3.92. The number of ether oxygens (including phenoxy) is 1. The Balaban J connectivity index is 1.58. The van der Waals surface area contributed by atoms with Crippen LogP contribution in [0.1, 0.15) is 11.1 Å². The summed E-state index contributed by atoms with van der Waals surface area (Å²) in [6, 6.07) is 21.7. The summed E-state index contributed by atoms with van der Waals surface area (Å²) in [5, 5.41) is 6.61. The van der Waals surface area contributed by atoms with Gasteiger partial charge in [-0.05, 0) is 42.0 Å². The molecule has 0 saturated heterocycles. The van der Waals surface area contributed by atoms with Crippen molar-refractivity contribution in [1.29, 1.82) is 0 Å². The lowest BCUT2D eigenvalue weighted by atomic mass is 10.2. The molecule has 6 nitrogen and oxygen atoms in total. The number of hydrogen-bond acceptors (Lipinski definition) is 4. The van der Waals surface area contributed by atoms with Crippen molar-refractivity contribution in [3.63, 3.8) is 0 Å². The molecule has 0 heterocycles. The fourth-order valence-corrected chi connectivity index (χ4v) is 2.86. The molecule has 3 rings (SSSR count). The molecule has 0 radical (unpaired) electrons. The van der Waals surface area contributed by atoms with E-state index in [0.717, 1.165) is 10.0 Å². The molecule has 0 aliphatic heterocycles. The number of amides is 2. The van der Waals surface area contributed by atoms with E-state index in [-0.39, 0.29) is 0 Å². The Morgan fingerprint density at radius 2 is 1.67 bits per heavy atom. The van der Waals surface area contributed by atoms with Gasteiger partial charge in [0.2, 0.25) is 0 Å².